The third-order valence-corrected chi connectivity index (χ3v) is 5.48. The molecule has 32 heavy (non-hydrogen) atoms. The molecule has 8 heteroatoms. The highest BCUT2D eigenvalue weighted by molar-refractivity contribution is 5.96. The van der Waals surface area contributed by atoms with E-state index in [9.17, 15) is 4.79 Å². The second-order valence-electron chi connectivity index (χ2n) is 7.65. The fourth-order valence-corrected chi connectivity index (χ4v) is 3.88. The number of ether oxygens (including phenoxy) is 1. The van der Waals surface area contributed by atoms with E-state index in [4.69, 9.17) is 9.72 Å². The number of nitrogens with one attached hydrogen (secondary N) is 1. The number of carbonyl (C=O) groups is 1. The van der Waals surface area contributed by atoms with Crippen molar-refractivity contribution in [2.24, 2.45) is 0 Å². The number of aromatic amines is 1. The Kier molecular flexibility index (Phi) is 5.57. The molecule has 4 heterocycles. The number of hydrogen-bond donors (Lipinski definition) is 1. The van der Waals surface area contributed by atoms with Gasteiger partial charge in [0.2, 0.25) is 5.88 Å². The highest BCUT2D eigenvalue weighted by Gasteiger charge is 2.29. The molecule has 0 radical (unpaired) electrons. The quantitative estimate of drug-likeness (QED) is 0.517. The molecule has 1 N–H and O–H groups in total. The molecule has 1 aliphatic rings. The van der Waals surface area contributed by atoms with E-state index >= 15 is 0 Å². The van der Waals surface area contributed by atoms with E-state index in [1.165, 1.54) is 0 Å². The van der Waals surface area contributed by atoms with Crippen molar-refractivity contribution in [2.75, 3.05) is 13.1 Å². The van der Waals surface area contributed by atoms with Gasteiger partial charge in [0.05, 0.1) is 6.20 Å². The average molecular weight is 426 g/mol. The minimum absolute atomic E-state index is 0.0945. The summed E-state index contributed by atoms with van der Waals surface area (Å²) in [7, 11) is 0. The van der Waals surface area contributed by atoms with Gasteiger partial charge in [0.15, 0.2) is 5.82 Å². The van der Waals surface area contributed by atoms with Crippen molar-refractivity contribution in [3.63, 3.8) is 0 Å². The third-order valence-electron chi connectivity index (χ3n) is 5.48. The van der Waals surface area contributed by atoms with Crippen LogP contribution in [0.5, 0.6) is 11.6 Å². The second-order valence-corrected chi connectivity index (χ2v) is 7.65. The minimum Gasteiger partial charge on any atom is -0.437 e. The Morgan fingerprint density at radius 3 is 2.78 bits per heavy atom. The van der Waals surface area contributed by atoms with Gasteiger partial charge in [-0.05, 0) is 37.1 Å². The standard InChI is InChI=1S/C24H22N6O2/c31-24(20-11-5-13-26-23(20)32-19-10-4-12-25-15-19)30-14-6-9-18(16-30)22-27-21(28-29-22)17-7-2-1-3-8-17/h1-5,7-8,10-13,15,18H,6,9,14,16H2,(H,27,28,29). The molecule has 0 spiro atoms. The largest absolute Gasteiger partial charge is 0.437 e. The molecular formula is C24H22N6O2. The molecule has 1 fully saturated rings. The number of rotatable bonds is 5. The van der Waals surface area contributed by atoms with Crippen LogP contribution in [0, 0.1) is 0 Å². The number of nitrogens with zero attached hydrogens (tertiary/aromatic N) is 5. The Morgan fingerprint density at radius 1 is 1.06 bits per heavy atom. The van der Waals surface area contributed by atoms with Crippen molar-refractivity contribution < 1.29 is 9.53 Å². The molecule has 8 nitrogen and oxygen atoms in total. The first-order valence-electron chi connectivity index (χ1n) is 10.6. The Morgan fingerprint density at radius 2 is 1.94 bits per heavy atom. The van der Waals surface area contributed by atoms with Crippen LogP contribution in [0.3, 0.4) is 0 Å². The Hall–Kier alpha value is -4.07. The van der Waals surface area contributed by atoms with Crippen LogP contribution >= 0.6 is 0 Å². The van der Waals surface area contributed by atoms with E-state index in [0.717, 1.165) is 24.2 Å². The normalized spacial score (nSPS) is 16.0. The summed E-state index contributed by atoms with van der Waals surface area (Å²) in [6.45, 7) is 1.24. The lowest BCUT2D eigenvalue weighted by Crippen LogP contribution is -2.39. The maximum Gasteiger partial charge on any atom is 0.259 e. The number of piperidine rings is 1. The van der Waals surface area contributed by atoms with Crippen LogP contribution in [0.1, 0.15) is 34.9 Å². The molecule has 160 valence electrons. The summed E-state index contributed by atoms with van der Waals surface area (Å²) in [4.78, 5) is 28.2. The Labute approximate surface area is 185 Å². The fraction of sp³-hybridized carbons (Fsp3) is 0.208. The SMILES string of the molecule is O=C(c1cccnc1Oc1cccnc1)N1CCCC(c2nc(-c3ccccc3)n[nH]2)C1. The van der Waals surface area contributed by atoms with Crippen LogP contribution in [0.25, 0.3) is 11.4 Å². The number of aromatic nitrogens is 5. The lowest BCUT2D eigenvalue weighted by atomic mass is 9.96. The highest BCUT2D eigenvalue weighted by atomic mass is 16.5. The number of amides is 1. The zero-order valence-corrected chi connectivity index (χ0v) is 17.4. The molecule has 1 aliphatic heterocycles. The zero-order chi connectivity index (χ0) is 21.8. The van der Waals surface area contributed by atoms with Crippen molar-refractivity contribution in [1.82, 2.24) is 30.0 Å². The molecule has 0 bridgehead atoms. The number of carbonyl (C=O) groups excluding carboxylic acids is 1. The average Bonchev–Trinajstić information content (AvgIpc) is 3.36. The van der Waals surface area contributed by atoms with Crippen LogP contribution in [0.4, 0.5) is 0 Å². The van der Waals surface area contributed by atoms with Crippen LogP contribution < -0.4 is 4.74 Å². The van der Waals surface area contributed by atoms with E-state index in [1.54, 1.807) is 42.9 Å². The number of benzene rings is 1. The maximum atomic E-state index is 13.4. The second kappa shape index (κ2) is 8.97. The third kappa shape index (κ3) is 4.20. The number of H-pyrrole nitrogens is 1. The molecule has 1 amide bonds. The predicted molar refractivity (Wildman–Crippen MR) is 118 cm³/mol. The molecule has 1 atom stereocenters. The Balaban J connectivity index is 1.33. The smallest absolute Gasteiger partial charge is 0.259 e. The first-order valence-corrected chi connectivity index (χ1v) is 10.6. The van der Waals surface area contributed by atoms with Crippen molar-refractivity contribution in [2.45, 2.75) is 18.8 Å². The van der Waals surface area contributed by atoms with E-state index in [1.807, 2.05) is 35.2 Å². The summed E-state index contributed by atoms with van der Waals surface area (Å²) in [6, 6.07) is 16.9. The van der Waals surface area contributed by atoms with Gasteiger partial charge in [-0.25, -0.2) is 9.97 Å². The molecule has 0 saturated carbocycles. The maximum absolute atomic E-state index is 13.4. The van der Waals surface area contributed by atoms with Crippen LogP contribution in [-0.2, 0) is 0 Å². The first kappa shape index (κ1) is 19.9. The van der Waals surface area contributed by atoms with Gasteiger partial charge in [-0.3, -0.25) is 14.9 Å². The van der Waals surface area contributed by atoms with Gasteiger partial charge in [0, 0.05) is 37.0 Å². The van der Waals surface area contributed by atoms with Gasteiger partial charge < -0.3 is 9.64 Å². The lowest BCUT2D eigenvalue weighted by Gasteiger charge is -2.32. The van der Waals surface area contributed by atoms with Crippen molar-refractivity contribution in [3.05, 3.63) is 84.6 Å². The van der Waals surface area contributed by atoms with Gasteiger partial charge in [0.25, 0.3) is 5.91 Å². The summed E-state index contributed by atoms with van der Waals surface area (Å²) in [6.07, 6.45) is 6.70. The monoisotopic (exact) mass is 426 g/mol. The van der Waals surface area contributed by atoms with Crippen molar-refractivity contribution in [3.8, 4) is 23.0 Å². The molecule has 4 aromatic rings. The van der Waals surface area contributed by atoms with Gasteiger partial charge in [-0.1, -0.05) is 30.3 Å². The minimum atomic E-state index is -0.107. The van der Waals surface area contributed by atoms with E-state index in [-0.39, 0.29) is 17.7 Å². The molecule has 1 aromatic carbocycles. The van der Waals surface area contributed by atoms with Crippen LogP contribution in [-0.4, -0.2) is 49.0 Å². The topological polar surface area (TPSA) is 96.9 Å². The summed E-state index contributed by atoms with van der Waals surface area (Å²) in [5.74, 6) is 2.27. The molecule has 1 saturated heterocycles. The molecule has 1 unspecified atom stereocenters. The molecule has 3 aromatic heterocycles. The number of hydrogen-bond acceptors (Lipinski definition) is 6. The molecular weight excluding hydrogens is 404 g/mol. The van der Waals surface area contributed by atoms with E-state index in [0.29, 0.717) is 30.2 Å². The predicted octanol–water partition coefficient (Wildman–Crippen LogP) is 4.07. The van der Waals surface area contributed by atoms with Gasteiger partial charge >= 0.3 is 0 Å². The number of pyridine rings is 2. The van der Waals surface area contributed by atoms with Crippen LogP contribution in [0.15, 0.2) is 73.2 Å². The van der Waals surface area contributed by atoms with E-state index < -0.39 is 0 Å². The summed E-state index contributed by atoms with van der Waals surface area (Å²) >= 11 is 0. The van der Waals surface area contributed by atoms with Gasteiger partial charge in [-0.2, -0.15) is 5.10 Å². The van der Waals surface area contributed by atoms with Crippen molar-refractivity contribution >= 4 is 5.91 Å². The van der Waals surface area contributed by atoms with Gasteiger partial charge in [-0.15, -0.1) is 0 Å². The zero-order valence-electron chi connectivity index (χ0n) is 17.4. The summed E-state index contributed by atoms with van der Waals surface area (Å²) in [5.41, 5.74) is 1.39. The highest BCUT2D eigenvalue weighted by Crippen LogP contribution is 2.29. The van der Waals surface area contributed by atoms with Crippen molar-refractivity contribution in [1.29, 1.82) is 0 Å². The van der Waals surface area contributed by atoms with E-state index in [2.05, 4.69) is 20.2 Å². The molecule has 5 rings (SSSR count). The summed E-state index contributed by atoms with van der Waals surface area (Å²) < 4.78 is 5.84. The lowest BCUT2D eigenvalue weighted by molar-refractivity contribution is 0.0701. The Bertz CT molecular complexity index is 1200. The molecule has 0 aliphatic carbocycles. The fourth-order valence-electron chi connectivity index (χ4n) is 3.88. The van der Waals surface area contributed by atoms with Crippen LogP contribution in [0.2, 0.25) is 0 Å². The summed E-state index contributed by atoms with van der Waals surface area (Å²) in [5, 5.41) is 7.45. The first-order chi connectivity index (χ1) is 15.8. The van der Waals surface area contributed by atoms with Gasteiger partial charge in [0.1, 0.15) is 17.1 Å². The number of likely N-dealkylation sites (tertiary alicyclic amines) is 1.